The molecular weight excluding hydrogens is 299 g/mol. The predicted octanol–water partition coefficient (Wildman–Crippen LogP) is 2.86. The number of esters is 1. The number of aromatic nitrogens is 1. The normalized spacial score (nSPS) is 17.7. The van der Waals surface area contributed by atoms with Crippen molar-refractivity contribution in [1.82, 2.24) is 9.88 Å². The molecule has 0 saturated carbocycles. The number of hydrogen-bond acceptors (Lipinski definition) is 3. The van der Waals surface area contributed by atoms with Crippen LogP contribution in [0.25, 0.3) is 10.9 Å². The molecule has 2 aromatic rings. The Morgan fingerprint density at radius 3 is 3.04 bits per heavy atom. The minimum atomic E-state index is -0.347. The Balaban J connectivity index is 1.81. The molecule has 0 unspecified atom stereocenters. The summed E-state index contributed by atoms with van der Waals surface area (Å²) in [5.41, 5.74) is 1.10. The van der Waals surface area contributed by atoms with E-state index in [1.54, 1.807) is 24.1 Å². The van der Waals surface area contributed by atoms with E-state index in [1.807, 2.05) is 0 Å². The summed E-state index contributed by atoms with van der Waals surface area (Å²) in [5.74, 6) is -0.757. The second kappa shape index (κ2) is 6.40. The summed E-state index contributed by atoms with van der Waals surface area (Å²) in [5, 5.41) is 0.693. The fraction of sp³-hybridized carbons (Fsp3) is 0.412. The van der Waals surface area contributed by atoms with Crippen molar-refractivity contribution in [2.45, 2.75) is 32.2 Å². The van der Waals surface area contributed by atoms with Gasteiger partial charge in [0.2, 0.25) is 0 Å². The van der Waals surface area contributed by atoms with Gasteiger partial charge in [0.05, 0.1) is 18.6 Å². The highest BCUT2D eigenvalue weighted by atomic mass is 19.1. The van der Waals surface area contributed by atoms with Gasteiger partial charge < -0.3 is 14.6 Å². The molecule has 0 spiro atoms. The number of fused-ring (bicyclic) bond motifs is 1. The highest BCUT2D eigenvalue weighted by molar-refractivity contribution is 6.07. The van der Waals surface area contributed by atoms with Gasteiger partial charge in [-0.25, -0.2) is 4.39 Å². The SMILES string of the molecule is CCOC(=O)C[C@@H]1CCCN1C(=O)c1c[nH]c2cc(F)ccc12. The van der Waals surface area contributed by atoms with E-state index in [4.69, 9.17) is 4.74 Å². The molecular formula is C17H19FN2O3. The maximum absolute atomic E-state index is 13.3. The third-order valence-corrected chi connectivity index (χ3v) is 4.22. The number of hydrogen-bond donors (Lipinski definition) is 1. The quantitative estimate of drug-likeness (QED) is 0.882. The van der Waals surface area contributed by atoms with Gasteiger partial charge in [0.15, 0.2) is 0 Å². The average Bonchev–Trinajstić information content (AvgIpc) is 3.13. The van der Waals surface area contributed by atoms with E-state index in [-0.39, 0.29) is 30.2 Å². The number of nitrogens with one attached hydrogen (secondary N) is 1. The lowest BCUT2D eigenvalue weighted by Crippen LogP contribution is -2.37. The maximum Gasteiger partial charge on any atom is 0.307 e. The van der Waals surface area contributed by atoms with Crippen LogP contribution in [0.3, 0.4) is 0 Å². The third-order valence-electron chi connectivity index (χ3n) is 4.22. The number of halogens is 1. The smallest absolute Gasteiger partial charge is 0.307 e. The van der Waals surface area contributed by atoms with Crippen molar-refractivity contribution in [2.24, 2.45) is 0 Å². The molecule has 1 atom stereocenters. The summed E-state index contributed by atoms with van der Waals surface area (Å²) in [6, 6.07) is 4.18. The molecule has 0 radical (unpaired) electrons. The molecule has 6 heteroatoms. The van der Waals surface area contributed by atoms with Crippen LogP contribution in [0.2, 0.25) is 0 Å². The number of H-pyrrole nitrogens is 1. The molecule has 1 aromatic heterocycles. The van der Waals surface area contributed by atoms with Crippen molar-refractivity contribution >= 4 is 22.8 Å². The van der Waals surface area contributed by atoms with E-state index >= 15 is 0 Å². The Bertz CT molecular complexity index is 741. The van der Waals surface area contributed by atoms with Gasteiger partial charge in [0, 0.05) is 29.7 Å². The van der Waals surface area contributed by atoms with Crippen LogP contribution in [0, 0.1) is 5.82 Å². The van der Waals surface area contributed by atoms with Gasteiger partial charge in [-0.3, -0.25) is 9.59 Å². The minimum Gasteiger partial charge on any atom is -0.466 e. The molecule has 1 fully saturated rings. The van der Waals surface area contributed by atoms with Crippen molar-refractivity contribution in [2.75, 3.05) is 13.2 Å². The molecule has 1 amide bonds. The van der Waals surface area contributed by atoms with Crippen molar-refractivity contribution < 1.29 is 18.7 Å². The van der Waals surface area contributed by atoms with Crippen LogP contribution in [0.15, 0.2) is 24.4 Å². The first-order valence-corrected chi connectivity index (χ1v) is 7.83. The first-order valence-electron chi connectivity index (χ1n) is 7.83. The summed E-state index contributed by atoms with van der Waals surface area (Å²) in [6.45, 7) is 2.73. The summed E-state index contributed by atoms with van der Waals surface area (Å²) in [6.07, 6.45) is 3.48. The van der Waals surface area contributed by atoms with Crippen molar-refractivity contribution in [1.29, 1.82) is 0 Å². The molecule has 0 aliphatic carbocycles. The molecule has 3 rings (SSSR count). The fourth-order valence-electron chi connectivity index (χ4n) is 3.16. The number of amides is 1. The van der Waals surface area contributed by atoms with E-state index in [9.17, 15) is 14.0 Å². The van der Waals surface area contributed by atoms with E-state index < -0.39 is 0 Å². The number of aromatic amines is 1. The minimum absolute atomic E-state index is 0.130. The Morgan fingerprint density at radius 1 is 1.43 bits per heavy atom. The van der Waals surface area contributed by atoms with Gasteiger partial charge in [0.25, 0.3) is 5.91 Å². The number of carbonyl (C=O) groups is 2. The lowest BCUT2D eigenvalue weighted by molar-refractivity contribution is -0.144. The molecule has 1 aliphatic rings. The fourth-order valence-corrected chi connectivity index (χ4v) is 3.16. The van der Waals surface area contributed by atoms with Crippen LogP contribution >= 0.6 is 0 Å². The van der Waals surface area contributed by atoms with Crippen LogP contribution in [-0.2, 0) is 9.53 Å². The van der Waals surface area contributed by atoms with Gasteiger partial charge >= 0.3 is 5.97 Å². The molecule has 2 heterocycles. The molecule has 1 aromatic carbocycles. The Kier molecular flexibility index (Phi) is 4.32. The highest BCUT2D eigenvalue weighted by Gasteiger charge is 2.32. The van der Waals surface area contributed by atoms with Crippen molar-refractivity contribution in [3.63, 3.8) is 0 Å². The first-order chi connectivity index (χ1) is 11.1. The number of carbonyl (C=O) groups excluding carboxylic acids is 2. The van der Waals surface area contributed by atoms with Gasteiger partial charge in [0.1, 0.15) is 5.82 Å². The average molecular weight is 318 g/mol. The molecule has 122 valence electrons. The van der Waals surface area contributed by atoms with Crippen LogP contribution in [0.1, 0.15) is 36.5 Å². The summed E-state index contributed by atoms with van der Waals surface area (Å²) in [7, 11) is 0. The summed E-state index contributed by atoms with van der Waals surface area (Å²) < 4.78 is 18.2. The summed E-state index contributed by atoms with van der Waals surface area (Å²) in [4.78, 5) is 29.2. The standard InChI is InChI=1S/C17H19FN2O3/c1-2-23-16(21)9-12-4-3-7-20(12)17(22)14-10-19-15-8-11(18)5-6-13(14)15/h5-6,8,10,12,19H,2-4,7,9H2,1H3/t12-/m0/s1. The number of likely N-dealkylation sites (tertiary alicyclic amines) is 1. The highest BCUT2D eigenvalue weighted by Crippen LogP contribution is 2.26. The molecule has 0 bridgehead atoms. The van der Waals surface area contributed by atoms with Crippen molar-refractivity contribution in [3.8, 4) is 0 Å². The van der Waals surface area contributed by atoms with Crippen LogP contribution in [0.5, 0.6) is 0 Å². The third kappa shape index (κ3) is 3.06. The maximum atomic E-state index is 13.3. The van der Waals surface area contributed by atoms with Crippen LogP contribution in [-0.4, -0.2) is 41.0 Å². The lowest BCUT2D eigenvalue weighted by atomic mass is 10.1. The molecule has 1 saturated heterocycles. The van der Waals surface area contributed by atoms with E-state index in [1.165, 1.54) is 12.1 Å². The topological polar surface area (TPSA) is 62.4 Å². The van der Waals surface area contributed by atoms with Crippen molar-refractivity contribution in [3.05, 3.63) is 35.8 Å². The first kappa shape index (κ1) is 15.5. The predicted molar refractivity (Wildman–Crippen MR) is 83.6 cm³/mol. The van der Waals surface area contributed by atoms with Crippen LogP contribution < -0.4 is 0 Å². The molecule has 23 heavy (non-hydrogen) atoms. The lowest BCUT2D eigenvalue weighted by Gasteiger charge is -2.23. The number of ether oxygens (including phenoxy) is 1. The molecule has 1 N–H and O–H groups in total. The Labute approximate surface area is 133 Å². The van der Waals surface area contributed by atoms with E-state index in [0.29, 0.717) is 29.6 Å². The van der Waals surface area contributed by atoms with Gasteiger partial charge in [-0.05, 0) is 38.0 Å². The zero-order valence-corrected chi connectivity index (χ0v) is 13.0. The van der Waals surface area contributed by atoms with Gasteiger partial charge in [-0.2, -0.15) is 0 Å². The zero-order chi connectivity index (χ0) is 16.4. The Hall–Kier alpha value is -2.37. The second-order valence-electron chi connectivity index (χ2n) is 5.70. The van der Waals surface area contributed by atoms with E-state index in [0.717, 1.165) is 12.8 Å². The van der Waals surface area contributed by atoms with Gasteiger partial charge in [-0.1, -0.05) is 0 Å². The Morgan fingerprint density at radius 2 is 2.26 bits per heavy atom. The number of benzene rings is 1. The molecule has 5 nitrogen and oxygen atoms in total. The number of rotatable bonds is 4. The van der Waals surface area contributed by atoms with Gasteiger partial charge in [-0.15, -0.1) is 0 Å². The zero-order valence-electron chi connectivity index (χ0n) is 13.0. The number of nitrogens with zero attached hydrogens (tertiary/aromatic N) is 1. The second-order valence-corrected chi connectivity index (χ2v) is 5.70. The molecule has 1 aliphatic heterocycles. The monoisotopic (exact) mass is 318 g/mol. The van der Waals surface area contributed by atoms with Crippen LogP contribution in [0.4, 0.5) is 4.39 Å². The summed E-state index contributed by atoms with van der Waals surface area (Å²) >= 11 is 0. The van der Waals surface area contributed by atoms with E-state index in [2.05, 4.69) is 4.98 Å². The largest absolute Gasteiger partial charge is 0.466 e.